The van der Waals surface area contributed by atoms with Gasteiger partial charge >= 0.3 is 0 Å². The highest BCUT2D eigenvalue weighted by Crippen LogP contribution is 2.19. The quantitative estimate of drug-likeness (QED) is 0.446. The molecule has 7 nitrogen and oxygen atoms in total. The van der Waals surface area contributed by atoms with Gasteiger partial charge in [0.25, 0.3) is 5.91 Å². The molecule has 1 aromatic rings. The molecule has 1 amide bonds. The van der Waals surface area contributed by atoms with Crippen LogP contribution >= 0.6 is 0 Å². The summed E-state index contributed by atoms with van der Waals surface area (Å²) in [5, 5.41) is 19.8. The molecule has 1 heterocycles. The molecule has 2 rings (SSSR count). The van der Waals surface area contributed by atoms with Gasteiger partial charge in [0.2, 0.25) is 5.71 Å². The van der Waals surface area contributed by atoms with Crippen molar-refractivity contribution in [2.45, 2.75) is 19.8 Å². The Balaban J connectivity index is 2.09. The summed E-state index contributed by atoms with van der Waals surface area (Å²) >= 11 is 0. The van der Waals surface area contributed by atoms with E-state index in [-0.39, 0.29) is 11.6 Å². The molecule has 1 saturated heterocycles. The summed E-state index contributed by atoms with van der Waals surface area (Å²) in [6.07, 6.45) is 2.05. The molecular formula is C16H20N6O. The first-order valence-electron chi connectivity index (χ1n) is 7.48. The molecule has 1 aromatic carbocycles. The number of carbonyl (C=O) groups excluding carboxylic acids is 1. The second-order valence-corrected chi connectivity index (χ2v) is 5.65. The van der Waals surface area contributed by atoms with E-state index < -0.39 is 5.84 Å². The number of nitriles is 1. The van der Waals surface area contributed by atoms with Gasteiger partial charge in [0.15, 0.2) is 5.84 Å². The van der Waals surface area contributed by atoms with E-state index in [1.165, 1.54) is 0 Å². The summed E-state index contributed by atoms with van der Waals surface area (Å²) in [6.45, 7) is 3.75. The summed E-state index contributed by atoms with van der Waals surface area (Å²) in [7, 11) is 0. The van der Waals surface area contributed by atoms with Crippen LogP contribution in [0, 0.1) is 22.7 Å². The van der Waals surface area contributed by atoms with Crippen molar-refractivity contribution in [3.8, 4) is 6.07 Å². The summed E-state index contributed by atoms with van der Waals surface area (Å²) < 4.78 is 0. The van der Waals surface area contributed by atoms with E-state index in [4.69, 9.17) is 16.4 Å². The van der Waals surface area contributed by atoms with E-state index in [2.05, 4.69) is 17.5 Å². The molecule has 1 fully saturated rings. The lowest BCUT2D eigenvalue weighted by molar-refractivity contribution is 0.0697. The third-order valence-electron chi connectivity index (χ3n) is 3.84. The molecule has 23 heavy (non-hydrogen) atoms. The number of hydrogen-bond donors (Lipinski definition) is 3. The normalized spacial score (nSPS) is 15.8. The van der Waals surface area contributed by atoms with Gasteiger partial charge in [0.05, 0.1) is 5.69 Å². The first kappa shape index (κ1) is 16.5. The highest BCUT2D eigenvalue weighted by molar-refractivity contribution is 6.45. The molecule has 0 atom stereocenters. The van der Waals surface area contributed by atoms with E-state index in [1.54, 1.807) is 30.3 Å². The van der Waals surface area contributed by atoms with Gasteiger partial charge in [0, 0.05) is 18.7 Å². The van der Waals surface area contributed by atoms with Crippen LogP contribution in [0.3, 0.4) is 0 Å². The van der Waals surface area contributed by atoms with Crippen molar-refractivity contribution in [1.82, 2.24) is 4.90 Å². The Labute approximate surface area is 135 Å². The Bertz CT molecular complexity index is 667. The zero-order chi connectivity index (χ0) is 16.8. The van der Waals surface area contributed by atoms with E-state index >= 15 is 0 Å². The fourth-order valence-corrected chi connectivity index (χ4v) is 2.38. The molecule has 1 aliphatic rings. The number of hydrazone groups is 1. The molecule has 4 N–H and O–H groups in total. The van der Waals surface area contributed by atoms with Gasteiger partial charge in [-0.05, 0) is 37.0 Å². The van der Waals surface area contributed by atoms with Crippen molar-refractivity contribution in [3.63, 3.8) is 0 Å². The fourth-order valence-electron chi connectivity index (χ4n) is 2.38. The number of likely N-dealkylation sites (tertiary alicyclic amines) is 1. The molecule has 1 aliphatic heterocycles. The Hall–Kier alpha value is -2.88. The van der Waals surface area contributed by atoms with E-state index in [1.807, 2.05) is 4.90 Å². The number of rotatable bonds is 4. The first-order chi connectivity index (χ1) is 11.0. The smallest absolute Gasteiger partial charge is 0.253 e. The zero-order valence-electron chi connectivity index (χ0n) is 13.0. The predicted molar refractivity (Wildman–Crippen MR) is 89.3 cm³/mol. The number of carbonyl (C=O) groups is 1. The second kappa shape index (κ2) is 7.40. The summed E-state index contributed by atoms with van der Waals surface area (Å²) in [5.41, 5.74) is 8.82. The van der Waals surface area contributed by atoms with Crippen LogP contribution in [0.2, 0.25) is 0 Å². The molecule has 0 spiro atoms. The first-order valence-corrected chi connectivity index (χ1v) is 7.48. The minimum Gasteiger partial charge on any atom is -0.382 e. The highest BCUT2D eigenvalue weighted by atomic mass is 16.2. The Morgan fingerprint density at radius 3 is 2.78 bits per heavy atom. The average Bonchev–Trinajstić information content (AvgIpc) is 2.55. The van der Waals surface area contributed by atoms with Crippen molar-refractivity contribution >= 4 is 23.1 Å². The third-order valence-corrected chi connectivity index (χ3v) is 3.84. The SMILES string of the molecule is CC1CCN(C(=O)c2cccc(N/N=C(\C#N)C(=N)N)c2)CC1. The number of amides is 1. The number of anilines is 1. The maximum absolute atomic E-state index is 12.5. The third kappa shape index (κ3) is 4.30. The molecule has 120 valence electrons. The number of amidine groups is 1. The van der Waals surface area contributed by atoms with Gasteiger partial charge in [-0.2, -0.15) is 10.4 Å². The van der Waals surface area contributed by atoms with Crippen molar-refractivity contribution in [1.29, 1.82) is 10.7 Å². The van der Waals surface area contributed by atoms with Crippen molar-refractivity contribution in [3.05, 3.63) is 29.8 Å². The van der Waals surface area contributed by atoms with Crippen LogP contribution in [0.15, 0.2) is 29.4 Å². The maximum Gasteiger partial charge on any atom is 0.253 e. The van der Waals surface area contributed by atoms with Crippen LogP contribution in [-0.4, -0.2) is 35.4 Å². The number of benzene rings is 1. The van der Waals surface area contributed by atoms with Gasteiger partial charge in [-0.15, -0.1) is 0 Å². The van der Waals surface area contributed by atoms with E-state index in [9.17, 15) is 4.79 Å². The van der Waals surface area contributed by atoms with Crippen molar-refractivity contribution in [2.24, 2.45) is 16.8 Å². The minimum absolute atomic E-state index is 0.00314. The Kier molecular flexibility index (Phi) is 5.31. The number of hydrogen-bond acceptors (Lipinski definition) is 5. The predicted octanol–water partition coefficient (Wildman–Crippen LogP) is 1.79. The summed E-state index contributed by atoms with van der Waals surface area (Å²) in [6, 6.07) is 8.64. The van der Waals surface area contributed by atoms with Crippen LogP contribution in [0.25, 0.3) is 0 Å². The maximum atomic E-state index is 12.5. The van der Waals surface area contributed by atoms with Gasteiger partial charge in [-0.1, -0.05) is 13.0 Å². The van der Waals surface area contributed by atoms with Gasteiger partial charge < -0.3 is 10.6 Å². The molecular weight excluding hydrogens is 292 g/mol. The molecule has 0 saturated carbocycles. The number of piperidine rings is 1. The second-order valence-electron chi connectivity index (χ2n) is 5.65. The molecule has 7 heteroatoms. The van der Waals surface area contributed by atoms with Crippen LogP contribution in [0.4, 0.5) is 5.69 Å². The average molecular weight is 312 g/mol. The highest BCUT2D eigenvalue weighted by Gasteiger charge is 2.21. The summed E-state index contributed by atoms with van der Waals surface area (Å²) in [4.78, 5) is 14.4. The molecule has 0 unspecified atom stereocenters. The minimum atomic E-state index is -0.408. The molecule has 0 aromatic heterocycles. The fraction of sp³-hybridized carbons (Fsp3) is 0.375. The monoisotopic (exact) mass is 312 g/mol. The topological polar surface area (TPSA) is 118 Å². The lowest BCUT2D eigenvalue weighted by Gasteiger charge is -2.30. The molecule has 0 aliphatic carbocycles. The number of nitrogens with one attached hydrogen (secondary N) is 2. The zero-order valence-corrected chi connectivity index (χ0v) is 13.0. The largest absolute Gasteiger partial charge is 0.382 e. The van der Waals surface area contributed by atoms with Crippen LogP contribution in [0.1, 0.15) is 30.1 Å². The summed E-state index contributed by atoms with van der Waals surface area (Å²) in [5.74, 6) is 0.253. The van der Waals surface area contributed by atoms with Crippen molar-refractivity contribution < 1.29 is 4.79 Å². The van der Waals surface area contributed by atoms with E-state index in [0.29, 0.717) is 17.2 Å². The molecule has 0 bridgehead atoms. The lowest BCUT2D eigenvalue weighted by Crippen LogP contribution is -2.37. The van der Waals surface area contributed by atoms with Crippen LogP contribution < -0.4 is 11.2 Å². The van der Waals surface area contributed by atoms with Crippen LogP contribution in [0.5, 0.6) is 0 Å². The van der Waals surface area contributed by atoms with Crippen LogP contribution in [-0.2, 0) is 0 Å². The number of nitrogens with two attached hydrogens (primary N) is 1. The van der Waals surface area contributed by atoms with Crippen molar-refractivity contribution in [2.75, 3.05) is 18.5 Å². The van der Waals surface area contributed by atoms with Gasteiger partial charge in [-0.3, -0.25) is 15.6 Å². The standard InChI is InChI=1S/C16H20N6O/c1-11-5-7-22(8-6-11)16(23)12-3-2-4-13(9-12)20-21-14(10-17)15(18)19/h2-4,9,11,20H,5-8H2,1H3,(H3,18,19)/b21-14+. The molecule has 0 radical (unpaired) electrons. The Morgan fingerprint density at radius 2 is 2.17 bits per heavy atom. The Morgan fingerprint density at radius 1 is 1.48 bits per heavy atom. The lowest BCUT2D eigenvalue weighted by atomic mass is 9.98. The van der Waals surface area contributed by atoms with E-state index in [0.717, 1.165) is 25.9 Å². The number of nitrogens with zero attached hydrogens (tertiary/aromatic N) is 3. The van der Waals surface area contributed by atoms with Gasteiger partial charge in [-0.25, -0.2) is 0 Å². The van der Waals surface area contributed by atoms with Gasteiger partial charge in [0.1, 0.15) is 6.07 Å².